The third-order valence-corrected chi connectivity index (χ3v) is 3.59. The van der Waals surface area contributed by atoms with E-state index in [0.717, 1.165) is 19.4 Å². The zero-order valence-corrected chi connectivity index (χ0v) is 10.9. The third kappa shape index (κ3) is 2.72. The zero-order chi connectivity index (χ0) is 14.9. The van der Waals surface area contributed by atoms with Crippen LogP contribution in [0.5, 0.6) is 0 Å². The van der Waals surface area contributed by atoms with E-state index in [9.17, 15) is 22.0 Å². The van der Waals surface area contributed by atoms with Crippen LogP contribution in [0.3, 0.4) is 0 Å². The molecule has 0 saturated carbocycles. The van der Waals surface area contributed by atoms with Crippen molar-refractivity contribution in [1.29, 1.82) is 0 Å². The van der Waals surface area contributed by atoms with Gasteiger partial charge in [-0.1, -0.05) is 6.92 Å². The molecule has 1 aliphatic heterocycles. The fourth-order valence-electron chi connectivity index (χ4n) is 2.33. The largest absolute Gasteiger partial charge is 0.380 e. The average Bonchev–Trinajstić information content (AvgIpc) is 2.44. The third-order valence-electron chi connectivity index (χ3n) is 3.59. The van der Waals surface area contributed by atoms with Crippen LogP contribution >= 0.6 is 0 Å². The fraction of sp³-hybridized carbons (Fsp3) is 0.538. The van der Waals surface area contributed by atoms with Gasteiger partial charge in [-0.3, -0.25) is 0 Å². The Labute approximate surface area is 113 Å². The molecule has 0 radical (unpaired) electrons. The van der Waals surface area contributed by atoms with Crippen molar-refractivity contribution in [2.24, 2.45) is 5.41 Å². The number of hydrogen-bond acceptors (Lipinski definition) is 2. The fourth-order valence-corrected chi connectivity index (χ4v) is 2.33. The molecule has 7 heteroatoms. The standard InChI is InChI=1S/C13H15F5N2/c1-13(3-2-4-19-5-13)6-20-12-10(17)8(15)7(14)9(16)11(12)18/h19-20H,2-6H2,1H3. The maximum Gasteiger partial charge on any atom is 0.200 e. The molecule has 0 spiro atoms. The highest BCUT2D eigenvalue weighted by Crippen LogP contribution is 2.30. The highest BCUT2D eigenvalue weighted by atomic mass is 19.2. The number of hydrogen-bond donors (Lipinski definition) is 2. The van der Waals surface area contributed by atoms with E-state index in [4.69, 9.17) is 0 Å². The normalized spacial score (nSPS) is 22.9. The summed E-state index contributed by atoms with van der Waals surface area (Å²) in [5.41, 5.74) is -1.26. The van der Waals surface area contributed by atoms with Crippen molar-refractivity contribution < 1.29 is 22.0 Å². The first-order chi connectivity index (χ1) is 9.36. The predicted octanol–water partition coefficient (Wildman–Crippen LogP) is 3.18. The van der Waals surface area contributed by atoms with Crippen molar-refractivity contribution in [2.45, 2.75) is 19.8 Å². The summed E-state index contributed by atoms with van der Waals surface area (Å²) in [5, 5.41) is 5.50. The summed E-state index contributed by atoms with van der Waals surface area (Å²) < 4.78 is 66.0. The summed E-state index contributed by atoms with van der Waals surface area (Å²) in [5.74, 6) is -9.66. The molecule has 1 aliphatic rings. The first-order valence-electron chi connectivity index (χ1n) is 6.32. The van der Waals surface area contributed by atoms with Gasteiger partial charge in [0.25, 0.3) is 0 Å². The Morgan fingerprint density at radius 1 is 1.00 bits per heavy atom. The molecule has 20 heavy (non-hydrogen) atoms. The molecule has 0 amide bonds. The smallest absolute Gasteiger partial charge is 0.200 e. The van der Waals surface area contributed by atoms with Crippen LogP contribution in [0.4, 0.5) is 27.6 Å². The maximum absolute atomic E-state index is 13.5. The molecule has 2 N–H and O–H groups in total. The summed E-state index contributed by atoms with van der Waals surface area (Å²) in [4.78, 5) is 0. The topological polar surface area (TPSA) is 24.1 Å². The first kappa shape index (κ1) is 15.0. The van der Waals surface area contributed by atoms with Gasteiger partial charge in [0.05, 0.1) is 0 Å². The van der Waals surface area contributed by atoms with Crippen LogP contribution in [0, 0.1) is 34.5 Å². The number of nitrogens with one attached hydrogen (secondary N) is 2. The summed E-state index contributed by atoms with van der Waals surface area (Å²) in [6.45, 7) is 3.49. The molecule has 112 valence electrons. The average molecular weight is 294 g/mol. The second-order valence-electron chi connectivity index (χ2n) is 5.39. The van der Waals surface area contributed by atoms with E-state index in [1.165, 1.54) is 0 Å². The van der Waals surface area contributed by atoms with Gasteiger partial charge in [0.1, 0.15) is 5.69 Å². The quantitative estimate of drug-likeness (QED) is 0.508. The molecule has 0 aliphatic carbocycles. The molecule has 1 aromatic rings. The van der Waals surface area contributed by atoms with Crippen LogP contribution < -0.4 is 10.6 Å². The first-order valence-corrected chi connectivity index (χ1v) is 6.32. The van der Waals surface area contributed by atoms with E-state index in [-0.39, 0.29) is 12.0 Å². The van der Waals surface area contributed by atoms with Crippen molar-refractivity contribution in [1.82, 2.24) is 5.32 Å². The Morgan fingerprint density at radius 3 is 2.05 bits per heavy atom. The number of piperidine rings is 1. The lowest BCUT2D eigenvalue weighted by molar-refractivity contribution is 0.252. The maximum atomic E-state index is 13.5. The number of halogens is 5. The van der Waals surface area contributed by atoms with Crippen molar-refractivity contribution in [3.05, 3.63) is 29.1 Å². The van der Waals surface area contributed by atoms with Crippen molar-refractivity contribution in [3.63, 3.8) is 0 Å². The molecule has 2 nitrogen and oxygen atoms in total. The van der Waals surface area contributed by atoms with Gasteiger partial charge < -0.3 is 10.6 Å². The van der Waals surface area contributed by atoms with E-state index in [1.54, 1.807) is 0 Å². The van der Waals surface area contributed by atoms with Crippen molar-refractivity contribution in [2.75, 3.05) is 25.0 Å². The van der Waals surface area contributed by atoms with E-state index in [1.807, 2.05) is 6.92 Å². The molecule has 1 unspecified atom stereocenters. The monoisotopic (exact) mass is 294 g/mol. The molecule has 1 aromatic carbocycles. The molecular formula is C13H15F5N2. The highest BCUT2D eigenvalue weighted by molar-refractivity contribution is 5.48. The summed E-state index contributed by atoms with van der Waals surface area (Å²) in [6, 6.07) is 0. The van der Waals surface area contributed by atoms with Gasteiger partial charge in [-0.2, -0.15) is 0 Å². The second-order valence-corrected chi connectivity index (χ2v) is 5.39. The van der Waals surface area contributed by atoms with Crippen LogP contribution in [-0.2, 0) is 0 Å². The summed E-state index contributed by atoms with van der Waals surface area (Å²) in [6.07, 6.45) is 1.71. The number of anilines is 1. The predicted molar refractivity (Wildman–Crippen MR) is 64.9 cm³/mol. The zero-order valence-electron chi connectivity index (χ0n) is 10.9. The van der Waals surface area contributed by atoms with Gasteiger partial charge in [0.15, 0.2) is 23.3 Å². The molecule has 1 saturated heterocycles. The van der Waals surface area contributed by atoms with Crippen LogP contribution in [-0.4, -0.2) is 19.6 Å². The minimum atomic E-state index is -2.14. The molecule has 2 rings (SSSR count). The van der Waals surface area contributed by atoms with E-state index >= 15 is 0 Å². The van der Waals surface area contributed by atoms with Gasteiger partial charge in [-0.15, -0.1) is 0 Å². The lowest BCUT2D eigenvalue weighted by Crippen LogP contribution is -2.42. The van der Waals surface area contributed by atoms with Crippen LogP contribution in [0.1, 0.15) is 19.8 Å². The number of benzene rings is 1. The van der Waals surface area contributed by atoms with Crippen LogP contribution in [0.15, 0.2) is 0 Å². The van der Waals surface area contributed by atoms with Gasteiger partial charge in [0.2, 0.25) is 5.82 Å². The molecular weight excluding hydrogens is 279 g/mol. The lowest BCUT2D eigenvalue weighted by atomic mass is 9.83. The SMILES string of the molecule is CC1(CNc2c(F)c(F)c(F)c(F)c2F)CCCNC1. The minimum Gasteiger partial charge on any atom is -0.380 e. The Balaban J connectivity index is 2.21. The molecule has 0 bridgehead atoms. The summed E-state index contributed by atoms with van der Waals surface area (Å²) in [7, 11) is 0. The molecule has 0 aromatic heterocycles. The van der Waals surface area contributed by atoms with E-state index in [2.05, 4.69) is 10.6 Å². The highest BCUT2D eigenvalue weighted by Gasteiger charge is 2.30. The van der Waals surface area contributed by atoms with Crippen LogP contribution in [0.2, 0.25) is 0 Å². The Kier molecular flexibility index (Phi) is 4.17. The molecule has 1 heterocycles. The lowest BCUT2D eigenvalue weighted by Gasteiger charge is -2.34. The Morgan fingerprint density at radius 2 is 1.55 bits per heavy atom. The minimum absolute atomic E-state index is 0.123. The van der Waals surface area contributed by atoms with Gasteiger partial charge >= 0.3 is 0 Å². The van der Waals surface area contributed by atoms with Crippen molar-refractivity contribution in [3.8, 4) is 0 Å². The van der Waals surface area contributed by atoms with E-state index < -0.39 is 34.8 Å². The van der Waals surface area contributed by atoms with Crippen molar-refractivity contribution >= 4 is 5.69 Å². The second kappa shape index (κ2) is 5.55. The summed E-state index contributed by atoms with van der Waals surface area (Å²) >= 11 is 0. The van der Waals surface area contributed by atoms with Gasteiger partial charge in [-0.25, -0.2) is 22.0 Å². The Bertz CT molecular complexity index is 483. The van der Waals surface area contributed by atoms with E-state index in [0.29, 0.717) is 6.54 Å². The molecule has 1 atom stereocenters. The van der Waals surface area contributed by atoms with Gasteiger partial charge in [0, 0.05) is 13.1 Å². The van der Waals surface area contributed by atoms with Gasteiger partial charge in [-0.05, 0) is 24.8 Å². The molecule has 1 fully saturated rings. The Hall–Kier alpha value is -1.37. The van der Waals surface area contributed by atoms with Crippen LogP contribution in [0.25, 0.3) is 0 Å². The number of rotatable bonds is 3.